The summed E-state index contributed by atoms with van der Waals surface area (Å²) in [6, 6.07) is 9.38. The molecule has 0 saturated carbocycles. The molecule has 2 N–H and O–H groups in total. The van der Waals surface area contributed by atoms with Crippen LogP contribution in [-0.4, -0.2) is 5.91 Å². The fraction of sp³-hybridized carbons (Fsp3) is 0.0833. The van der Waals surface area contributed by atoms with Crippen LogP contribution in [-0.2, 0) is 4.79 Å². The van der Waals surface area contributed by atoms with Gasteiger partial charge in [-0.2, -0.15) is 0 Å². The summed E-state index contributed by atoms with van der Waals surface area (Å²) in [6.45, 7) is 1.89. The summed E-state index contributed by atoms with van der Waals surface area (Å²) in [5.74, 6) is -0.408. The van der Waals surface area contributed by atoms with Crippen molar-refractivity contribution in [1.29, 1.82) is 0 Å². The van der Waals surface area contributed by atoms with Gasteiger partial charge in [0.15, 0.2) is 0 Å². The van der Waals surface area contributed by atoms with Crippen LogP contribution in [0.1, 0.15) is 12.5 Å². The number of nitrogens with two attached hydrogens (primary N) is 1. The molecule has 0 bridgehead atoms. The lowest BCUT2D eigenvalue weighted by atomic mass is 10.1. The van der Waals surface area contributed by atoms with Gasteiger partial charge in [-0.05, 0) is 18.6 Å². The summed E-state index contributed by atoms with van der Waals surface area (Å²) < 4.78 is 0. The topological polar surface area (TPSA) is 43.1 Å². The van der Waals surface area contributed by atoms with Crippen LogP contribution in [0.25, 0.3) is 5.57 Å². The van der Waals surface area contributed by atoms with Gasteiger partial charge in [-0.1, -0.05) is 42.5 Å². The van der Waals surface area contributed by atoms with Crippen molar-refractivity contribution in [2.75, 3.05) is 0 Å². The first-order valence-corrected chi connectivity index (χ1v) is 4.44. The molecule has 72 valence electrons. The van der Waals surface area contributed by atoms with Crippen LogP contribution in [0.3, 0.4) is 0 Å². The van der Waals surface area contributed by atoms with Gasteiger partial charge in [-0.3, -0.25) is 4.79 Å². The molecule has 0 atom stereocenters. The predicted molar refractivity (Wildman–Crippen MR) is 58.4 cm³/mol. The summed E-state index contributed by atoms with van der Waals surface area (Å²) in [4.78, 5) is 11.1. The Balaban J connectivity index is 3.07. The standard InChI is InChI=1S/C12H13NO/c1-2-3-9-11(12(13)14)10-7-5-4-6-8-10/h2-9H,1H3,(H2,13,14). The van der Waals surface area contributed by atoms with E-state index in [2.05, 4.69) is 0 Å². The molecule has 1 aromatic carbocycles. The van der Waals surface area contributed by atoms with Crippen molar-refractivity contribution in [1.82, 2.24) is 0 Å². The Morgan fingerprint density at radius 2 is 1.93 bits per heavy atom. The Labute approximate surface area is 83.7 Å². The van der Waals surface area contributed by atoms with Crippen molar-refractivity contribution >= 4 is 11.5 Å². The van der Waals surface area contributed by atoms with Gasteiger partial charge in [0.05, 0.1) is 0 Å². The summed E-state index contributed by atoms with van der Waals surface area (Å²) in [6.07, 6.45) is 5.37. The molecule has 1 aromatic rings. The highest BCUT2D eigenvalue weighted by atomic mass is 16.1. The van der Waals surface area contributed by atoms with Crippen molar-refractivity contribution in [2.24, 2.45) is 5.73 Å². The lowest BCUT2D eigenvalue weighted by Gasteiger charge is -2.01. The van der Waals surface area contributed by atoms with Crippen molar-refractivity contribution in [3.63, 3.8) is 0 Å². The highest BCUT2D eigenvalue weighted by Crippen LogP contribution is 2.13. The monoisotopic (exact) mass is 187 g/mol. The molecule has 0 aliphatic rings. The van der Waals surface area contributed by atoms with Crippen LogP contribution in [0, 0.1) is 0 Å². The molecule has 0 spiro atoms. The SMILES string of the molecule is CC=CC=C(C(N)=O)c1ccccc1. The molecule has 0 heterocycles. The van der Waals surface area contributed by atoms with Gasteiger partial charge in [0, 0.05) is 5.57 Å². The molecule has 14 heavy (non-hydrogen) atoms. The van der Waals surface area contributed by atoms with E-state index in [1.807, 2.05) is 43.3 Å². The number of hydrogen-bond donors (Lipinski definition) is 1. The molecule has 0 aromatic heterocycles. The first-order valence-electron chi connectivity index (χ1n) is 4.44. The number of benzene rings is 1. The van der Waals surface area contributed by atoms with Crippen LogP contribution >= 0.6 is 0 Å². The highest BCUT2D eigenvalue weighted by Gasteiger charge is 2.05. The molecular weight excluding hydrogens is 174 g/mol. The fourth-order valence-corrected chi connectivity index (χ4v) is 1.13. The maximum Gasteiger partial charge on any atom is 0.249 e. The third-order valence-electron chi connectivity index (χ3n) is 1.81. The summed E-state index contributed by atoms with van der Waals surface area (Å²) in [7, 11) is 0. The summed E-state index contributed by atoms with van der Waals surface area (Å²) in [5, 5.41) is 0. The number of amides is 1. The van der Waals surface area contributed by atoms with E-state index in [1.165, 1.54) is 0 Å². The number of allylic oxidation sites excluding steroid dienone is 3. The molecule has 2 heteroatoms. The van der Waals surface area contributed by atoms with E-state index in [0.29, 0.717) is 5.57 Å². The van der Waals surface area contributed by atoms with E-state index in [0.717, 1.165) is 5.56 Å². The van der Waals surface area contributed by atoms with E-state index in [-0.39, 0.29) is 0 Å². The Bertz CT molecular complexity index is 363. The summed E-state index contributed by atoms with van der Waals surface area (Å²) >= 11 is 0. The molecule has 0 unspecified atom stereocenters. The lowest BCUT2D eigenvalue weighted by Crippen LogP contribution is -2.12. The number of hydrogen-bond acceptors (Lipinski definition) is 1. The van der Waals surface area contributed by atoms with Gasteiger partial charge in [0.2, 0.25) is 5.91 Å². The van der Waals surface area contributed by atoms with E-state index >= 15 is 0 Å². The van der Waals surface area contributed by atoms with Crippen molar-refractivity contribution in [2.45, 2.75) is 6.92 Å². The van der Waals surface area contributed by atoms with Gasteiger partial charge in [-0.15, -0.1) is 0 Å². The van der Waals surface area contributed by atoms with Crippen LogP contribution in [0.5, 0.6) is 0 Å². The molecular formula is C12H13NO. The molecule has 0 saturated heterocycles. The molecule has 2 nitrogen and oxygen atoms in total. The van der Waals surface area contributed by atoms with Crippen molar-refractivity contribution in [3.8, 4) is 0 Å². The number of carbonyl (C=O) groups is 1. The zero-order valence-electron chi connectivity index (χ0n) is 8.10. The Kier molecular flexibility index (Phi) is 3.68. The number of carbonyl (C=O) groups excluding carboxylic acids is 1. The normalized spacial score (nSPS) is 11.9. The zero-order valence-corrected chi connectivity index (χ0v) is 8.10. The zero-order chi connectivity index (χ0) is 10.4. The molecule has 0 aliphatic heterocycles. The minimum Gasteiger partial charge on any atom is -0.366 e. The lowest BCUT2D eigenvalue weighted by molar-refractivity contribution is -0.112. The van der Waals surface area contributed by atoms with Gasteiger partial charge in [0.25, 0.3) is 0 Å². The van der Waals surface area contributed by atoms with Gasteiger partial charge >= 0.3 is 0 Å². The molecule has 0 aliphatic carbocycles. The molecule has 1 amide bonds. The third-order valence-corrected chi connectivity index (χ3v) is 1.81. The quantitative estimate of drug-likeness (QED) is 0.571. The smallest absolute Gasteiger partial charge is 0.249 e. The Morgan fingerprint density at radius 3 is 2.43 bits per heavy atom. The second kappa shape index (κ2) is 5.02. The van der Waals surface area contributed by atoms with Crippen LogP contribution < -0.4 is 5.73 Å². The van der Waals surface area contributed by atoms with Crippen LogP contribution in [0.4, 0.5) is 0 Å². The van der Waals surface area contributed by atoms with Crippen LogP contribution in [0.15, 0.2) is 48.6 Å². The van der Waals surface area contributed by atoms with Crippen molar-refractivity contribution in [3.05, 3.63) is 54.1 Å². The van der Waals surface area contributed by atoms with Gasteiger partial charge in [0.1, 0.15) is 0 Å². The Hall–Kier alpha value is -1.83. The minimum atomic E-state index is -0.408. The Morgan fingerprint density at radius 1 is 1.29 bits per heavy atom. The van der Waals surface area contributed by atoms with Crippen LogP contribution in [0.2, 0.25) is 0 Å². The largest absolute Gasteiger partial charge is 0.366 e. The molecule has 0 radical (unpaired) electrons. The summed E-state index contributed by atoms with van der Waals surface area (Å²) in [5.41, 5.74) is 6.65. The highest BCUT2D eigenvalue weighted by molar-refractivity contribution is 6.19. The first kappa shape index (κ1) is 10.3. The molecule has 1 rings (SSSR count). The second-order valence-corrected chi connectivity index (χ2v) is 2.84. The third kappa shape index (κ3) is 2.59. The average Bonchev–Trinajstić information content (AvgIpc) is 2.19. The van der Waals surface area contributed by atoms with E-state index in [9.17, 15) is 4.79 Å². The molecule has 0 fully saturated rings. The van der Waals surface area contributed by atoms with Crippen molar-refractivity contribution < 1.29 is 4.79 Å². The second-order valence-electron chi connectivity index (χ2n) is 2.84. The number of primary amides is 1. The minimum absolute atomic E-state index is 0.408. The average molecular weight is 187 g/mol. The maximum absolute atomic E-state index is 11.1. The van der Waals surface area contributed by atoms with Gasteiger partial charge < -0.3 is 5.73 Å². The van der Waals surface area contributed by atoms with Gasteiger partial charge in [-0.25, -0.2) is 0 Å². The maximum atomic E-state index is 11.1. The first-order chi connectivity index (χ1) is 6.75. The van der Waals surface area contributed by atoms with E-state index in [1.54, 1.807) is 12.2 Å². The fourth-order valence-electron chi connectivity index (χ4n) is 1.13. The van der Waals surface area contributed by atoms with E-state index < -0.39 is 5.91 Å². The predicted octanol–water partition coefficient (Wildman–Crippen LogP) is 2.13. The van der Waals surface area contributed by atoms with E-state index in [4.69, 9.17) is 5.73 Å². The number of rotatable bonds is 3.